The zero-order chi connectivity index (χ0) is 15.1. The molecular weight excluding hydrogens is 258 g/mol. The normalized spacial score (nSPS) is 11.8. The van der Waals surface area contributed by atoms with E-state index in [4.69, 9.17) is 9.47 Å². The van der Waals surface area contributed by atoms with E-state index in [9.17, 15) is 9.59 Å². The summed E-state index contributed by atoms with van der Waals surface area (Å²) in [5.74, 6) is 0.259. The first-order chi connectivity index (χ1) is 9.53. The molecule has 0 bridgehead atoms. The van der Waals surface area contributed by atoms with Crippen LogP contribution in [-0.4, -0.2) is 43.1 Å². The van der Waals surface area contributed by atoms with Crippen LogP contribution in [-0.2, 0) is 9.53 Å². The van der Waals surface area contributed by atoms with Crippen LogP contribution in [0, 0.1) is 0 Å². The number of carbonyl (C=O) groups excluding carboxylic acids is 2. The molecule has 1 aromatic rings. The lowest BCUT2D eigenvalue weighted by Gasteiger charge is -2.24. The van der Waals surface area contributed by atoms with Crippen LogP contribution in [0.2, 0.25) is 0 Å². The second kappa shape index (κ2) is 7.65. The molecule has 20 heavy (non-hydrogen) atoms. The van der Waals surface area contributed by atoms with E-state index in [1.165, 1.54) is 14.0 Å². The Morgan fingerprint density at radius 3 is 2.10 bits per heavy atom. The lowest BCUT2D eigenvalue weighted by Crippen LogP contribution is -2.42. The van der Waals surface area contributed by atoms with Gasteiger partial charge in [0, 0.05) is 25.8 Å². The van der Waals surface area contributed by atoms with Gasteiger partial charge in [-0.2, -0.15) is 0 Å². The lowest BCUT2D eigenvalue weighted by atomic mass is 10.1. The summed E-state index contributed by atoms with van der Waals surface area (Å²) in [6, 6.07) is 6.62. The summed E-state index contributed by atoms with van der Waals surface area (Å²) in [6.07, 6.45) is -0.974. The Labute approximate surface area is 119 Å². The van der Waals surface area contributed by atoms with Crippen molar-refractivity contribution >= 4 is 11.7 Å². The predicted octanol–water partition coefficient (Wildman–Crippen LogP) is 2.11. The van der Waals surface area contributed by atoms with E-state index in [-0.39, 0.29) is 11.7 Å². The van der Waals surface area contributed by atoms with E-state index < -0.39 is 6.29 Å². The average molecular weight is 279 g/mol. The number of ketones is 1. The van der Waals surface area contributed by atoms with Crippen molar-refractivity contribution in [1.82, 2.24) is 4.90 Å². The summed E-state index contributed by atoms with van der Waals surface area (Å²) in [7, 11) is 1.43. The molecule has 5 nitrogen and oxygen atoms in total. The fourth-order valence-electron chi connectivity index (χ4n) is 1.78. The third-order valence-corrected chi connectivity index (χ3v) is 2.99. The minimum atomic E-state index is -0.974. The Morgan fingerprint density at radius 1 is 1.15 bits per heavy atom. The molecule has 110 valence electrons. The Hall–Kier alpha value is -1.88. The maximum Gasteiger partial charge on any atom is 0.292 e. The molecule has 1 rings (SSSR count). The smallest absolute Gasteiger partial charge is 0.292 e. The standard InChI is InChI=1S/C15H21NO4/c1-5-16(6-2)14(18)15(19-4)20-13-9-7-12(8-10-13)11(3)17/h7-10,15H,5-6H2,1-4H3. The Balaban J connectivity index is 2.77. The van der Waals surface area contributed by atoms with Crippen LogP contribution in [0.1, 0.15) is 31.1 Å². The molecule has 0 saturated heterocycles. The number of amides is 1. The number of carbonyl (C=O) groups is 2. The van der Waals surface area contributed by atoms with Crippen LogP contribution in [0.25, 0.3) is 0 Å². The van der Waals surface area contributed by atoms with E-state index in [0.29, 0.717) is 24.4 Å². The molecule has 0 aliphatic carbocycles. The SMILES string of the molecule is CCN(CC)C(=O)C(OC)Oc1ccc(C(C)=O)cc1. The van der Waals surface area contributed by atoms with Gasteiger partial charge in [0.25, 0.3) is 12.2 Å². The highest BCUT2D eigenvalue weighted by Gasteiger charge is 2.24. The maximum atomic E-state index is 12.1. The molecule has 1 atom stereocenters. The Morgan fingerprint density at radius 2 is 1.70 bits per heavy atom. The van der Waals surface area contributed by atoms with Crippen LogP contribution in [0.3, 0.4) is 0 Å². The van der Waals surface area contributed by atoms with Gasteiger partial charge in [-0.15, -0.1) is 0 Å². The van der Waals surface area contributed by atoms with Crippen LogP contribution >= 0.6 is 0 Å². The third-order valence-electron chi connectivity index (χ3n) is 2.99. The van der Waals surface area contributed by atoms with Crippen LogP contribution in [0.5, 0.6) is 5.75 Å². The molecule has 0 spiro atoms. The zero-order valence-electron chi connectivity index (χ0n) is 12.4. The summed E-state index contributed by atoms with van der Waals surface area (Å²) in [5, 5.41) is 0. The van der Waals surface area contributed by atoms with Crippen molar-refractivity contribution in [2.75, 3.05) is 20.2 Å². The fraction of sp³-hybridized carbons (Fsp3) is 0.467. The highest BCUT2D eigenvalue weighted by Crippen LogP contribution is 2.15. The molecule has 5 heteroatoms. The number of rotatable bonds is 7. The van der Waals surface area contributed by atoms with E-state index in [1.54, 1.807) is 29.2 Å². The molecule has 0 aliphatic rings. The molecule has 0 aliphatic heterocycles. The van der Waals surface area contributed by atoms with E-state index in [0.717, 1.165) is 0 Å². The Kier molecular flexibility index (Phi) is 6.18. The molecule has 0 heterocycles. The van der Waals surface area contributed by atoms with Crippen molar-refractivity contribution in [3.8, 4) is 5.75 Å². The molecule has 0 fully saturated rings. The summed E-state index contributed by atoms with van der Waals surface area (Å²) in [5.41, 5.74) is 0.599. The monoisotopic (exact) mass is 279 g/mol. The van der Waals surface area contributed by atoms with Gasteiger partial charge >= 0.3 is 0 Å². The highest BCUT2D eigenvalue weighted by molar-refractivity contribution is 5.94. The zero-order valence-corrected chi connectivity index (χ0v) is 12.4. The molecule has 1 unspecified atom stereocenters. The molecule has 0 radical (unpaired) electrons. The second-order valence-corrected chi connectivity index (χ2v) is 4.28. The van der Waals surface area contributed by atoms with Gasteiger partial charge in [0.1, 0.15) is 5.75 Å². The average Bonchev–Trinajstić information content (AvgIpc) is 2.46. The Bertz CT molecular complexity index is 451. The highest BCUT2D eigenvalue weighted by atomic mass is 16.7. The first-order valence-corrected chi connectivity index (χ1v) is 6.62. The van der Waals surface area contributed by atoms with E-state index in [2.05, 4.69) is 0 Å². The molecule has 0 N–H and O–H groups in total. The maximum absolute atomic E-state index is 12.1. The number of ether oxygens (including phenoxy) is 2. The van der Waals surface area contributed by atoms with Gasteiger partial charge in [-0.3, -0.25) is 9.59 Å². The van der Waals surface area contributed by atoms with Gasteiger partial charge in [0.2, 0.25) is 0 Å². The topological polar surface area (TPSA) is 55.8 Å². The van der Waals surface area contributed by atoms with Gasteiger partial charge < -0.3 is 14.4 Å². The number of Topliss-reactive ketones (excluding diaryl/α,β-unsaturated/α-hetero) is 1. The van der Waals surface area contributed by atoms with Gasteiger partial charge in [0.15, 0.2) is 5.78 Å². The van der Waals surface area contributed by atoms with Crippen molar-refractivity contribution in [2.45, 2.75) is 27.1 Å². The summed E-state index contributed by atoms with van der Waals surface area (Å²) in [6.45, 7) is 6.49. The van der Waals surface area contributed by atoms with Crippen LogP contribution in [0.4, 0.5) is 0 Å². The number of benzene rings is 1. The number of nitrogens with zero attached hydrogens (tertiary/aromatic N) is 1. The lowest BCUT2D eigenvalue weighted by molar-refractivity contribution is -0.159. The number of hydrogen-bond acceptors (Lipinski definition) is 4. The molecule has 1 aromatic carbocycles. The third kappa shape index (κ3) is 4.06. The summed E-state index contributed by atoms with van der Waals surface area (Å²) < 4.78 is 10.6. The molecule has 1 amide bonds. The number of likely N-dealkylation sites (N-methyl/N-ethyl adjacent to an activating group) is 1. The summed E-state index contributed by atoms with van der Waals surface area (Å²) >= 11 is 0. The van der Waals surface area contributed by atoms with Crippen molar-refractivity contribution < 1.29 is 19.1 Å². The van der Waals surface area contributed by atoms with Gasteiger partial charge in [0.05, 0.1) is 0 Å². The first-order valence-electron chi connectivity index (χ1n) is 6.62. The fourth-order valence-corrected chi connectivity index (χ4v) is 1.78. The van der Waals surface area contributed by atoms with Crippen molar-refractivity contribution in [3.05, 3.63) is 29.8 Å². The van der Waals surface area contributed by atoms with Crippen molar-refractivity contribution in [1.29, 1.82) is 0 Å². The van der Waals surface area contributed by atoms with Crippen LogP contribution in [0.15, 0.2) is 24.3 Å². The minimum absolute atomic E-state index is 0.0148. The number of hydrogen-bond donors (Lipinski definition) is 0. The largest absolute Gasteiger partial charge is 0.455 e. The molecule has 0 aromatic heterocycles. The minimum Gasteiger partial charge on any atom is -0.455 e. The van der Waals surface area contributed by atoms with Crippen molar-refractivity contribution in [3.63, 3.8) is 0 Å². The van der Waals surface area contributed by atoms with Crippen LogP contribution < -0.4 is 4.74 Å². The molecule has 0 saturated carbocycles. The predicted molar refractivity (Wildman–Crippen MR) is 75.8 cm³/mol. The van der Waals surface area contributed by atoms with Gasteiger partial charge in [-0.1, -0.05) is 0 Å². The van der Waals surface area contributed by atoms with Gasteiger partial charge in [-0.25, -0.2) is 0 Å². The molecular formula is C15H21NO4. The van der Waals surface area contributed by atoms with E-state index >= 15 is 0 Å². The summed E-state index contributed by atoms with van der Waals surface area (Å²) in [4.78, 5) is 25.0. The quantitative estimate of drug-likeness (QED) is 0.566. The number of methoxy groups -OCH3 is 1. The van der Waals surface area contributed by atoms with Crippen molar-refractivity contribution in [2.24, 2.45) is 0 Å². The van der Waals surface area contributed by atoms with E-state index in [1.807, 2.05) is 13.8 Å². The first kappa shape index (κ1) is 16.2. The second-order valence-electron chi connectivity index (χ2n) is 4.28. The van der Waals surface area contributed by atoms with Gasteiger partial charge in [-0.05, 0) is 45.0 Å².